The Morgan fingerprint density at radius 2 is 1.85 bits per heavy atom. The summed E-state index contributed by atoms with van der Waals surface area (Å²) in [6, 6.07) is 0. The highest BCUT2D eigenvalue weighted by Crippen LogP contribution is 2.07. The van der Waals surface area contributed by atoms with Gasteiger partial charge in [-0.15, -0.1) is 0 Å². The highest BCUT2D eigenvalue weighted by atomic mass is 15.1. The Labute approximate surface area is 119 Å². The number of nitrogens with zero attached hydrogens (tertiary/aromatic N) is 4. The SMILES string of the molecule is CCCNc1cncc(NCCCCn2ccnc2)n1. The van der Waals surface area contributed by atoms with Gasteiger partial charge in [-0.25, -0.2) is 9.97 Å². The van der Waals surface area contributed by atoms with E-state index in [0.29, 0.717) is 0 Å². The lowest BCUT2D eigenvalue weighted by Gasteiger charge is -2.08. The molecule has 2 N–H and O–H groups in total. The third kappa shape index (κ3) is 4.87. The molecule has 0 bridgehead atoms. The lowest BCUT2D eigenvalue weighted by molar-refractivity contribution is 0.620. The Kier molecular flexibility index (Phi) is 5.82. The summed E-state index contributed by atoms with van der Waals surface area (Å²) in [6.07, 6.45) is 12.4. The van der Waals surface area contributed by atoms with E-state index in [9.17, 15) is 0 Å². The van der Waals surface area contributed by atoms with E-state index >= 15 is 0 Å². The molecular formula is C14H22N6. The van der Waals surface area contributed by atoms with Crippen LogP contribution in [0.3, 0.4) is 0 Å². The van der Waals surface area contributed by atoms with Crippen molar-refractivity contribution in [1.82, 2.24) is 19.5 Å². The van der Waals surface area contributed by atoms with Gasteiger partial charge < -0.3 is 15.2 Å². The zero-order valence-corrected chi connectivity index (χ0v) is 11.9. The van der Waals surface area contributed by atoms with Gasteiger partial charge in [-0.3, -0.25) is 4.98 Å². The van der Waals surface area contributed by atoms with Crippen LogP contribution in [0.25, 0.3) is 0 Å². The van der Waals surface area contributed by atoms with Gasteiger partial charge in [0, 0.05) is 32.0 Å². The molecule has 2 rings (SSSR count). The molecule has 6 heteroatoms. The summed E-state index contributed by atoms with van der Waals surface area (Å²) >= 11 is 0. The van der Waals surface area contributed by atoms with Crippen LogP contribution in [-0.2, 0) is 6.54 Å². The van der Waals surface area contributed by atoms with Crippen LogP contribution in [0.4, 0.5) is 11.6 Å². The number of nitrogens with one attached hydrogen (secondary N) is 2. The van der Waals surface area contributed by atoms with Crippen LogP contribution >= 0.6 is 0 Å². The van der Waals surface area contributed by atoms with Crippen molar-refractivity contribution in [3.05, 3.63) is 31.1 Å². The van der Waals surface area contributed by atoms with Crippen LogP contribution in [0.1, 0.15) is 26.2 Å². The number of imidazole rings is 1. The molecule has 0 radical (unpaired) electrons. The molecule has 0 fully saturated rings. The summed E-state index contributed by atoms with van der Waals surface area (Å²) in [4.78, 5) is 12.7. The Bertz CT molecular complexity index is 482. The third-order valence-electron chi connectivity index (χ3n) is 2.90. The normalized spacial score (nSPS) is 10.4. The Morgan fingerprint density at radius 3 is 2.55 bits per heavy atom. The van der Waals surface area contributed by atoms with Gasteiger partial charge in [-0.1, -0.05) is 6.92 Å². The first-order valence-electron chi connectivity index (χ1n) is 7.14. The molecule has 6 nitrogen and oxygen atoms in total. The average molecular weight is 274 g/mol. The molecule has 2 aromatic heterocycles. The van der Waals surface area contributed by atoms with Crippen molar-refractivity contribution in [2.45, 2.75) is 32.7 Å². The largest absolute Gasteiger partial charge is 0.369 e. The van der Waals surface area contributed by atoms with E-state index in [2.05, 4.69) is 37.1 Å². The maximum Gasteiger partial charge on any atom is 0.146 e. The van der Waals surface area contributed by atoms with Crippen molar-refractivity contribution in [3.8, 4) is 0 Å². The molecule has 0 aliphatic carbocycles. The fraction of sp³-hybridized carbons (Fsp3) is 0.500. The zero-order valence-electron chi connectivity index (χ0n) is 11.9. The lowest BCUT2D eigenvalue weighted by Crippen LogP contribution is -2.08. The van der Waals surface area contributed by atoms with E-state index in [-0.39, 0.29) is 0 Å². The Hall–Kier alpha value is -2.11. The molecule has 108 valence electrons. The number of aryl methyl sites for hydroxylation is 1. The number of hydrogen-bond acceptors (Lipinski definition) is 5. The van der Waals surface area contributed by atoms with E-state index in [1.54, 1.807) is 12.4 Å². The second-order valence-electron chi connectivity index (χ2n) is 4.65. The quantitative estimate of drug-likeness (QED) is 0.687. The van der Waals surface area contributed by atoms with Crippen LogP contribution in [-0.4, -0.2) is 32.6 Å². The zero-order chi connectivity index (χ0) is 14.0. The summed E-state index contributed by atoms with van der Waals surface area (Å²) in [6.45, 7) is 4.96. The van der Waals surface area contributed by atoms with E-state index in [1.165, 1.54) is 0 Å². The fourth-order valence-electron chi connectivity index (χ4n) is 1.84. The number of rotatable bonds is 9. The van der Waals surface area contributed by atoms with Gasteiger partial charge in [-0.05, 0) is 19.3 Å². The van der Waals surface area contributed by atoms with E-state index < -0.39 is 0 Å². The summed E-state index contributed by atoms with van der Waals surface area (Å²) in [5.41, 5.74) is 0. The first kappa shape index (κ1) is 14.3. The first-order chi connectivity index (χ1) is 9.88. The number of unbranched alkanes of at least 4 members (excludes halogenated alkanes) is 1. The molecule has 0 amide bonds. The molecule has 0 aromatic carbocycles. The minimum Gasteiger partial charge on any atom is -0.369 e. The van der Waals surface area contributed by atoms with Crippen molar-refractivity contribution in [1.29, 1.82) is 0 Å². The van der Waals surface area contributed by atoms with Crippen LogP contribution in [0.2, 0.25) is 0 Å². The van der Waals surface area contributed by atoms with Crippen molar-refractivity contribution < 1.29 is 0 Å². The summed E-state index contributed by atoms with van der Waals surface area (Å²) in [7, 11) is 0. The second-order valence-corrected chi connectivity index (χ2v) is 4.65. The summed E-state index contributed by atoms with van der Waals surface area (Å²) in [5.74, 6) is 1.66. The Morgan fingerprint density at radius 1 is 1.05 bits per heavy atom. The predicted molar refractivity (Wildman–Crippen MR) is 80.8 cm³/mol. The molecule has 0 saturated heterocycles. The van der Waals surface area contributed by atoms with Gasteiger partial charge in [-0.2, -0.15) is 0 Å². The molecule has 0 spiro atoms. The second kappa shape index (κ2) is 8.14. The number of hydrogen-bond donors (Lipinski definition) is 2. The van der Waals surface area contributed by atoms with Crippen molar-refractivity contribution >= 4 is 11.6 Å². The van der Waals surface area contributed by atoms with E-state index in [0.717, 1.165) is 50.5 Å². The standard InChI is InChI=1S/C14H22N6/c1-2-5-17-13-10-16-11-14(19-13)18-6-3-4-8-20-9-7-15-12-20/h7,9-12H,2-6,8H2,1H3,(H2,17,18,19). The monoisotopic (exact) mass is 274 g/mol. The molecule has 0 aliphatic heterocycles. The molecule has 2 aromatic rings. The Balaban J connectivity index is 1.65. The third-order valence-corrected chi connectivity index (χ3v) is 2.90. The van der Waals surface area contributed by atoms with Gasteiger partial charge in [0.1, 0.15) is 11.6 Å². The molecule has 20 heavy (non-hydrogen) atoms. The average Bonchev–Trinajstić information content (AvgIpc) is 2.98. The predicted octanol–water partition coefficient (Wildman–Crippen LogP) is 2.39. The van der Waals surface area contributed by atoms with Crippen LogP contribution in [0.5, 0.6) is 0 Å². The maximum absolute atomic E-state index is 4.46. The highest BCUT2D eigenvalue weighted by molar-refractivity contribution is 5.41. The van der Waals surface area contributed by atoms with E-state index in [4.69, 9.17) is 0 Å². The van der Waals surface area contributed by atoms with Gasteiger partial charge in [0.05, 0.1) is 18.7 Å². The molecule has 2 heterocycles. The molecule has 0 atom stereocenters. The van der Waals surface area contributed by atoms with Crippen molar-refractivity contribution in [2.24, 2.45) is 0 Å². The highest BCUT2D eigenvalue weighted by Gasteiger charge is 1.97. The number of aromatic nitrogens is 4. The van der Waals surface area contributed by atoms with E-state index in [1.807, 2.05) is 18.7 Å². The molecular weight excluding hydrogens is 252 g/mol. The van der Waals surface area contributed by atoms with Gasteiger partial charge in [0.15, 0.2) is 0 Å². The van der Waals surface area contributed by atoms with Crippen LogP contribution < -0.4 is 10.6 Å². The number of anilines is 2. The molecule has 0 saturated carbocycles. The van der Waals surface area contributed by atoms with Crippen molar-refractivity contribution in [3.63, 3.8) is 0 Å². The van der Waals surface area contributed by atoms with Gasteiger partial charge >= 0.3 is 0 Å². The summed E-state index contributed by atoms with van der Waals surface area (Å²) in [5, 5.41) is 6.53. The summed E-state index contributed by atoms with van der Waals surface area (Å²) < 4.78 is 2.09. The maximum atomic E-state index is 4.46. The first-order valence-corrected chi connectivity index (χ1v) is 7.14. The lowest BCUT2D eigenvalue weighted by atomic mass is 10.3. The van der Waals surface area contributed by atoms with Gasteiger partial charge in [0.2, 0.25) is 0 Å². The smallest absolute Gasteiger partial charge is 0.146 e. The fourth-order valence-corrected chi connectivity index (χ4v) is 1.84. The minimum atomic E-state index is 0.828. The molecule has 0 unspecified atom stereocenters. The van der Waals surface area contributed by atoms with Gasteiger partial charge in [0.25, 0.3) is 0 Å². The van der Waals surface area contributed by atoms with Crippen LogP contribution in [0, 0.1) is 0 Å². The minimum absolute atomic E-state index is 0.828. The topological polar surface area (TPSA) is 67.7 Å². The molecule has 0 aliphatic rings. The van der Waals surface area contributed by atoms with Crippen molar-refractivity contribution in [2.75, 3.05) is 23.7 Å². The van der Waals surface area contributed by atoms with Crippen LogP contribution in [0.15, 0.2) is 31.1 Å².